The SMILES string of the molecule is COCCNc1nnc(SCC(=O)Nc2cc(Cl)ccc2C#N)s1. The highest BCUT2D eigenvalue weighted by Gasteiger charge is 2.10. The highest BCUT2D eigenvalue weighted by Crippen LogP contribution is 2.26. The molecule has 1 aromatic carbocycles. The number of anilines is 2. The maximum absolute atomic E-state index is 12.0. The number of methoxy groups -OCH3 is 1. The van der Waals surface area contributed by atoms with Gasteiger partial charge in [-0.05, 0) is 18.2 Å². The minimum absolute atomic E-state index is 0.157. The normalized spacial score (nSPS) is 10.2. The standard InChI is InChI=1S/C14H14ClN5O2S2/c1-22-5-4-17-13-19-20-14(24-13)23-8-12(21)18-11-6-10(15)3-2-9(11)7-16/h2-3,6H,4-5,8H2,1H3,(H,17,19)(H,18,21). The van der Waals surface area contributed by atoms with Gasteiger partial charge >= 0.3 is 0 Å². The third-order valence-corrected chi connectivity index (χ3v) is 4.94. The molecule has 0 radical (unpaired) electrons. The molecule has 2 aromatic rings. The van der Waals surface area contributed by atoms with E-state index in [2.05, 4.69) is 20.8 Å². The second kappa shape index (κ2) is 9.44. The van der Waals surface area contributed by atoms with Crippen LogP contribution in [0.1, 0.15) is 5.56 Å². The molecule has 2 rings (SSSR count). The Balaban J connectivity index is 1.85. The summed E-state index contributed by atoms with van der Waals surface area (Å²) in [5.41, 5.74) is 0.757. The van der Waals surface area contributed by atoms with Crippen LogP contribution in [0.4, 0.5) is 10.8 Å². The number of aromatic nitrogens is 2. The van der Waals surface area contributed by atoms with Crippen LogP contribution in [0.25, 0.3) is 0 Å². The number of hydrogen-bond acceptors (Lipinski definition) is 8. The van der Waals surface area contributed by atoms with E-state index in [-0.39, 0.29) is 11.7 Å². The average Bonchev–Trinajstić information content (AvgIpc) is 3.01. The van der Waals surface area contributed by atoms with Gasteiger partial charge in [-0.15, -0.1) is 10.2 Å². The molecule has 1 amide bonds. The lowest BCUT2D eigenvalue weighted by Gasteiger charge is -2.06. The van der Waals surface area contributed by atoms with Crippen LogP contribution in [0.2, 0.25) is 5.02 Å². The van der Waals surface area contributed by atoms with E-state index in [4.69, 9.17) is 21.6 Å². The monoisotopic (exact) mass is 383 g/mol. The quantitative estimate of drug-likeness (QED) is 0.534. The second-order valence-electron chi connectivity index (χ2n) is 4.43. The molecule has 7 nitrogen and oxygen atoms in total. The lowest BCUT2D eigenvalue weighted by atomic mass is 10.2. The number of nitrogens with zero attached hydrogens (tertiary/aromatic N) is 3. The number of nitriles is 1. The maximum Gasteiger partial charge on any atom is 0.234 e. The number of carbonyl (C=O) groups is 1. The van der Waals surface area contributed by atoms with E-state index < -0.39 is 0 Å². The van der Waals surface area contributed by atoms with Gasteiger partial charge in [0.1, 0.15) is 6.07 Å². The van der Waals surface area contributed by atoms with Gasteiger partial charge < -0.3 is 15.4 Å². The Bertz CT molecular complexity index is 747. The zero-order chi connectivity index (χ0) is 17.4. The molecule has 0 atom stereocenters. The Morgan fingerprint density at radius 1 is 1.50 bits per heavy atom. The molecular weight excluding hydrogens is 370 g/mol. The van der Waals surface area contributed by atoms with Crippen molar-refractivity contribution in [2.45, 2.75) is 4.34 Å². The first-order valence-electron chi connectivity index (χ1n) is 6.81. The molecule has 0 saturated heterocycles. The third-order valence-electron chi connectivity index (χ3n) is 2.69. The van der Waals surface area contributed by atoms with Gasteiger partial charge in [-0.3, -0.25) is 4.79 Å². The summed E-state index contributed by atoms with van der Waals surface area (Å²) in [7, 11) is 1.62. The first-order chi connectivity index (χ1) is 11.6. The molecule has 0 bridgehead atoms. The van der Waals surface area contributed by atoms with Gasteiger partial charge in [-0.25, -0.2) is 0 Å². The number of nitrogens with one attached hydrogen (secondary N) is 2. The number of carbonyl (C=O) groups excluding carboxylic acids is 1. The summed E-state index contributed by atoms with van der Waals surface area (Å²) in [4.78, 5) is 12.0. The predicted octanol–water partition coefficient (Wildman–Crippen LogP) is 2.85. The van der Waals surface area contributed by atoms with Crippen molar-refractivity contribution >= 4 is 51.4 Å². The number of halogens is 1. The van der Waals surface area contributed by atoms with Gasteiger partial charge in [-0.2, -0.15) is 5.26 Å². The van der Waals surface area contributed by atoms with Gasteiger partial charge in [0.05, 0.1) is 23.6 Å². The van der Waals surface area contributed by atoms with Gasteiger partial charge in [0, 0.05) is 18.7 Å². The lowest BCUT2D eigenvalue weighted by Crippen LogP contribution is -2.14. The van der Waals surface area contributed by atoms with Crippen molar-refractivity contribution < 1.29 is 9.53 Å². The van der Waals surface area contributed by atoms with Crippen molar-refractivity contribution in [3.8, 4) is 6.07 Å². The average molecular weight is 384 g/mol. The topological polar surface area (TPSA) is 99.9 Å². The summed E-state index contributed by atoms with van der Waals surface area (Å²) in [6, 6.07) is 6.72. The molecule has 0 aliphatic rings. The largest absolute Gasteiger partial charge is 0.383 e. The first-order valence-corrected chi connectivity index (χ1v) is 8.99. The number of rotatable bonds is 8. The fourth-order valence-electron chi connectivity index (χ4n) is 1.63. The molecule has 126 valence electrons. The second-order valence-corrected chi connectivity index (χ2v) is 7.07. The first kappa shape index (κ1) is 18.5. The molecule has 24 heavy (non-hydrogen) atoms. The van der Waals surface area contributed by atoms with E-state index in [0.29, 0.717) is 38.9 Å². The zero-order valence-corrected chi connectivity index (χ0v) is 15.1. The van der Waals surface area contributed by atoms with Crippen molar-refractivity contribution in [3.63, 3.8) is 0 Å². The van der Waals surface area contributed by atoms with Crippen LogP contribution in [0.5, 0.6) is 0 Å². The van der Waals surface area contributed by atoms with Crippen LogP contribution in [-0.4, -0.2) is 42.1 Å². The number of thioether (sulfide) groups is 1. The van der Waals surface area contributed by atoms with Gasteiger partial charge in [0.2, 0.25) is 11.0 Å². The highest BCUT2D eigenvalue weighted by atomic mass is 35.5. The third kappa shape index (κ3) is 5.65. The van der Waals surface area contributed by atoms with Crippen LogP contribution in [0.15, 0.2) is 22.5 Å². The molecule has 10 heteroatoms. The Morgan fingerprint density at radius 3 is 3.08 bits per heavy atom. The zero-order valence-electron chi connectivity index (χ0n) is 12.7. The highest BCUT2D eigenvalue weighted by molar-refractivity contribution is 8.01. The molecule has 0 aliphatic carbocycles. The summed E-state index contributed by atoms with van der Waals surface area (Å²) >= 11 is 8.52. The van der Waals surface area contributed by atoms with Gasteiger partial charge in [-0.1, -0.05) is 34.7 Å². The molecule has 1 aromatic heterocycles. The fourth-order valence-corrected chi connectivity index (χ4v) is 3.38. The van der Waals surface area contributed by atoms with E-state index >= 15 is 0 Å². The molecule has 0 unspecified atom stereocenters. The van der Waals surface area contributed by atoms with Crippen molar-refractivity contribution in [2.75, 3.05) is 36.6 Å². The molecule has 0 fully saturated rings. The van der Waals surface area contributed by atoms with E-state index in [1.54, 1.807) is 25.3 Å². The molecule has 0 spiro atoms. The summed E-state index contributed by atoms with van der Waals surface area (Å²) in [5, 5.41) is 23.9. The van der Waals surface area contributed by atoms with Gasteiger partial charge in [0.15, 0.2) is 4.34 Å². The van der Waals surface area contributed by atoms with E-state index in [1.807, 2.05) is 6.07 Å². The molecule has 1 heterocycles. The number of ether oxygens (including phenoxy) is 1. The van der Waals surface area contributed by atoms with Crippen LogP contribution in [-0.2, 0) is 9.53 Å². The molecule has 0 aliphatic heterocycles. The van der Waals surface area contributed by atoms with Gasteiger partial charge in [0.25, 0.3) is 0 Å². The molecule has 2 N–H and O–H groups in total. The summed E-state index contributed by atoms with van der Waals surface area (Å²) in [6.07, 6.45) is 0. The lowest BCUT2D eigenvalue weighted by molar-refractivity contribution is -0.113. The predicted molar refractivity (Wildman–Crippen MR) is 95.8 cm³/mol. The maximum atomic E-state index is 12.0. The summed E-state index contributed by atoms with van der Waals surface area (Å²) in [5.74, 6) is -0.0905. The van der Waals surface area contributed by atoms with Crippen LogP contribution < -0.4 is 10.6 Å². The Hall–Kier alpha value is -1.86. The summed E-state index contributed by atoms with van der Waals surface area (Å²) < 4.78 is 5.61. The van der Waals surface area contributed by atoms with E-state index in [0.717, 1.165) is 0 Å². The van der Waals surface area contributed by atoms with Crippen molar-refractivity contribution in [3.05, 3.63) is 28.8 Å². The van der Waals surface area contributed by atoms with E-state index in [9.17, 15) is 4.79 Å². The number of amides is 1. The van der Waals surface area contributed by atoms with Crippen molar-refractivity contribution in [1.29, 1.82) is 5.26 Å². The Morgan fingerprint density at radius 2 is 2.33 bits per heavy atom. The van der Waals surface area contributed by atoms with Crippen LogP contribution in [0, 0.1) is 11.3 Å². The van der Waals surface area contributed by atoms with Crippen molar-refractivity contribution in [1.82, 2.24) is 10.2 Å². The minimum Gasteiger partial charge on any atom is -0.383 e. The van der Waals surface area contributed by atoms with Crippen LogP contribution in [0.3, 0.4) is 0 Å². The van der Waals surface area contributed by atoms with Crippen molar-refractivity contribution in [2.24, 2.45) is 0 Å². The Kier molecular flexibility index (Phi) is 7.27. The summed E-state index contributed by atoms with van der Waals surface area (Å²) in [6.45, 7) is 1.22. The number of benzene rings is 1. The molecular formula is C14H14ClN5O2S2. The minimum atomic E-state index is -0.247. The smallest absolute Gasteiger partial charge is 0.234 e. The number of hydrogen-bond donors (Lipinski definition) is 2. The van der Waals surface area contributed by atoms with E-state index in [1.165, 1.54) is 23.1 Å². The fraction of sp³-hybridized carbons (Fsp3) is 0.286. The molecule has 0 saturated carbocycles. The van der Waals surface area contributed by atoms with Crippen LogP contribution >= 0.6 is 34.7 Å². The Labute approximate surface area is 152 Å².